The highest BCUT2D eigenvalue weighted by molar-refractivity contribution is 5.93. The van der Waals surface area contributed by atoms with Crippen LogP contribution >= 0.6 is 0 Å². The number of benzene rings is 1. The van der Waals surface area contributed by atoms with Gasteiger partial charge in [0.2, 0.25) is 0 Å². The molecular weight excluding hydrogens is 234 g/mol. The first kappa shape index (κ1) is 12.7. The predicted octanol–water partition coefficient (Wildman–Crippen LogP) is 1.61. The van der Waals surface area contributed by atoms with E-state index in [9.17, 15) is 4.79 Å². The Labute approximate surface area is 106 Å². The van der Waals surface area contributed by atoms with Gasteiger partial charge in [-0.3, -0.25) is 0 Å². The largest absolute Gasteiger partial charge is 0.496 e. The van der Waals surface area contributed by atoms with Gasteiger partial charge >= 0.3 is 5.97 Å². The summed E-state index contributed by atoms with van der Waals surface area (Å²) in [5, 5.41) is 0. The number of anilines is 1. The number of hydrogen-bond acceptors (Lipinski definition) is 5. The van der Waals surface area contributed by atoms with Crippen LogP contribution in [0.4, 0.5) is 5.69 Å². The summed E-state index contributed by atoms with van der Waals surface area (Å²) in [5.41, 5.74) is 6.52. The van der Waals surface area contributed by atoms with Gasteiger partial charge in [-0.25, -0.2) is 4.79 Å². The summed E-state index contributed by atoms with van der Waals surface area (Å²) in [7, 11) is 1.51. The minimum Gasteiger partial charge on any atom is -0.496 e. The van der Waals surface area contributed by atoms with Crippen LogP contribution in [0.25, 0.3) is 0 Å². The maximum absolute atomic E-state index is 12.0. The van der Waals surface area contributed by atoms with E-state index < -0.39 is 5.97 Å². The second-order valence-electron chi connectivity index (χ2n) is 4.20. The SMILES string of the molecule is COc1ccc(N)cc1C(=O)OC1CCCOC1. The molecule has 0 spiro atoms. The quantitative estimate of drug-likeness (QED) is 0.653. The highest BCUT2D eigenvalue weighted by atomic mass is 16.6. The number of esters is 1. The Kier molecular flexibility index (Phi) is 4.04. The lowest BCUT2D eigenvalue weighted by Crippen LogP contribution is -2.28. The van der Waals surface area contributed by atoms with Crippen LogP contribution in [-0.2, 0) is 9.47 Å². The number of carbonyl (C=O) groups is 1. The highest BCUT2D eigenvalue weighted by Crippen LogP contribution is 2.23. The fourth-order valence-corrected chi connectivity index (χ4v) is 1.90. The average Bonchev–Trinajstić information content (AvgIpc) is 2.40. The van der Waals surface area contributed by atoms with E-state index in [1.807, 2.05) is 0 Å². The molecule has 1 unspecified atom stereocenters. The van der Waals surface area contributed by atoms with Gasteiger partial charge in [-0.1, -0.05) is 0 Å². The van der Waals surface area contributed by atoms with E-state index >= 15 is 0 Å². The molecule has 5 heteroatoms. The summed E-state index contributed by atoms with van der Waals surface area (Å²) in [6.45, 7) is 1.19. The van der Waals surface area contributed by atoms with Crippen molar-refractivity contribution < 1.29 is 19.0 Å². The third kappa shape index (κ3) is 2.92. The second kappa shape index (κ2) is 5.73. The fourth-order valence-electron chi connectivity index (χ4n) is 1.90. The zero-order valence-corrected chi connectivity index (χ0v) is 10.3. The van der Waals surface area contributed by atoms with Gasteiger partial charge in [0.15, 0.2) is 0 Å². The molecule has 1 aliphatic rings. The number of nitrogen functional groups attached to an aromatic ring is 1. The maximum Gasteiger partial charge on any atom is 0.342 e. The van der Waals surface area contributed by atoms with Gasteiger partial charge in [-0.05, 0) is 31.0 Å². The molecule has 0 amide bonds. The molecule has 2 N–H and O–H groups in total. The molecule has 0 aromatic heterocycles. The minimum atomic E-state index is -0.422. The smallest absolute Gasteiger partial charge is 0.342 e. The van der Waals surface area contributed by atoms with Crippen molar-refractivity contribution in [3.05, 3.63) is 23.8 Å². The van der Waals surface area contributed by atoms with Crippen LogP contribution in [-0.4, -0.2) is 32.4 Å². The van der Waals surface area contributed by atoms with Gasteiger partial charge in [-0.2, -0.15) is 0 Å². The Balaban J connectivity index is 2.09. The van der Waals surface area contributed by atoms with Gasteiger partial charge in [0.25, 0.3) is 0 Å². The van der Waals surface area contributed by atoms with Crippen LogP contribution in [0.1, 0.15) is 23.2 Å². The highest BCUT2D eigenvalue weighted by Gasteiger charge is 2.21. The lowest BCUT2D eigenvalue weighted by Gasteiger charge is -2.22. The monoisotopic (exact) mass is 251 g/mol. The number of ether oxygens (including phenoxy) is 3. The van der Waals surface area contributed by atoms with Gasteiger partial charge in [-0.15, -0.1) is 0 Å². The zero-order valence-electron chi connectivity index (χ0n) is 10.3. The van der Waals surface area contributed by atoms with E-state index in [2.05, 4.69) is 0 Å². The van der Waals surface area contributed by atoms with Crippen molar-refractivity contribution in [1.82, 2.24) is 0 Å². The molecule has 1 saturated heterocycles. The lowest BCUT2D eigenvalue weighted by molar-refractivity contribution is -0.0307. The van der Waals surface area contributed by atoms with Crippen LogP contribution in [0, 0.1) is 0 Å². The molecule has 1 fully saturated rings. The van der Waals surface area contributed by atoms with Crippen molar-refractivity contribution in [1.29, 1.82) is 0 Å². The molecule has 1 aliphatic heterocycles. The number of nitrogens with two attached hydrogens (primary N) is 1. The lowest BCUT2D eigenvalue weighted by atomic mass is 10.1. The second-order valence-corrected chi connectivity index (χ2v) is 4.20. The normalized spacial score (nSPS) is 19.3. The van der Waals surface area contributed by atoms with E-state index in [4.69, 9.17) is 19.9 Å². The van der Waals surface area contributed by atoms with Crippen LogP contribution in [0.15, 0.2) is 18.2 Å². The number of hydrogen-bond donors (Lipinski definition) is 1. The molecule has 0 bridgehead atoms. The summed E-state index contributed by atoms with van der Waals surface area (Å²) >= 11 is 0. The molecule has 1 heterocycles. The van der Waals surface area contributed by atoms with E-state index in [0.717, 1.165) is 19.4 Å². The van der Waals surface area contributed by atoms with E-state index in [0.29, 0.717) is 23.6 Å². The Morgan fingerprint density at radius 2 is 2.33 bits per heavy atom. The molecule has 5 nitrogen and oxygen atoms in total. The maximum atomic E-state index is 12.0. The van der Waals surface area contributed by atoms with Crippen molar-refractivity contribution in [2.45, 2.75) is 18.9 Å². The molecule has 1 aromatic carbocycles. The zero-order chi connectivity index (χ0) is 13.0. The summed E-state index contributed by atoms with van der Waals surface area (Å²) in [6.07, 6.45) is 1.56. The molecule has 0 aliphatic carbocycles. The third-order valence-corrected chi connectivity index (χ3v) is 2.84. The first-order chi connectivity index (χ1) is 8.70. The van der Waals surface area contributed by atoms with Crippen LogP contribution in [0.5, 0.6) is 5.75 Å². The van der Waals surface area contributed by atoms with Gasteiger partial charge in [0.05, 0.1) is 13.7 Å². The number of methoxy groups -OCH3 is 1. The van der Waals surface area contributed by atoms with E-state index in [1.54, 1.807) is 18.2 Å². The molecule has 18 heavy (non-hydrogen) atoms. The molecule has 0 radical (unpaired) electrons. The molecular formula is C13H17NO4. The van der Waals surface area contributed by atoms with Gasteiger partial charge in [0, 0.05) is 12.3 Å². The Morgan fingerprint density at radius 3 is 3.00 bits per heavy atom. The van der Waals surface area contributed by atoms with Crippen molar-refractivity contribution in [3.8, 4) is 5.75 Å². The topological polar surface area (TPSA) is 70.8 Å². The van der Waals surface area contributed by atoms with Crippen molar-refractivity contribution in [3.63, 3.8) is 0 Å². The Morgan fingerprint density at radius 1 is 1.50 bits per heavy atom. The molecule has 1 aromatic rings. The van der Waals surface area contributed by atoms with Crippen LogP contribution < -0.4 is 10.5 Å². The molecule has 0 saturated carbocycles. The van der Waals surface area contributed by atoms with E-state index in [1.165, 1.54) is 7.11 Å². The predicted molar refractivity (Wildman–Crippen MR) is 66.7 cm³/mol. The molecule has 2 rings (SSSR count). The molecule has 1 atom stereocenters. The summed E-state index contributed by atoms with van der Waals surface area (Å²) in [6, 6.07) is 4.90. The fraction of sp³-hybridized carbons (Fsp3) is 0.462. The first-order valence-electron chi connectivity index (χ1n) is 5.93. The standard InChI is InChI=1S/C13H17NO4/c1-16-12-5-4-9(14)7-11(12)13(15)18-10-3-2-6-17-8-10/h4-5,7,10H,2-3,6,8,14H2,1H3. The van der Waals surface area contributed by atoms with Crippen LogP contribution in [0.3, 0.4) is 0 Å². The first-order valence-corrected chi connectivity index (χ1v) is 5.93. The average molecular weight is 251 g/mol. The Bertz CT molecular complexity index is 427. The van der Waals surface area contributed by atoms with Gasteiger partial charge in [0.1, 0.15) is 17.4 Å². The van der Waals surface area contributed by atoms with Crippen LogP contribution in [0.2, 0.25) is 0 Å². The molecule has 98 valence electrons. The summed E-state index contributed by atoms with van der Waals surface area (Å²) in [4.78, 5) is 12.0. The number of carbonyl (C=O) groups excluding carboxylic acids is 1. The minimum absolute atomic E-state index is 0.183. The Hall–Kier alpha value is -1.75. The number of rotatable bonds is 3. The van der Waals surface area contributed by atoms with Crippen molar-refractivity contribution >= 4 is 11.7 Å². The third-order valence-electron chi connectivity index (χ3n) is 2.84. The van der Waals surface area contributed by atoms with Crippen molar-refractivity contribution in [2.24, 2.45) is 0 Å². The van der Waals surface area contributed by atoms with Gasteiger partial charge < -0.3 is 19.9 Å². The summed E-state index contributed by atoms with van der Waals surface area (Å²) < 4.78 is 15.8. The summed E-state index contributed by atoms with van der Waals surface area (Å²) in [5.74, 6) is 0.0422. The van der Waals surface area contributed by atoms with E-state index in [-0.39, 0.29) is 6.10 Å². The van der Waals surface area contributed by atoms with Crippen molar-refractivity contribution in [2.75, 3.05) is 26.1 Å².